The molecule has 0 aliphatic rings. The molecule has 0 unspecified atom stereocenters. The molecule has 5 aromatic rings. The average molecular weight is 394 g/mol. The number of hydrogen-bond acceptors (Lipinski definition) is 2. The standard InChI is InChI=1S/C26H19O2P/c27-23-16-14-18-8-4-6-12-21(18)25(23)29(20-10-2-1-3-11-20)26-22-13-7-5-9-19(22)15-17-24(26)28/h1-17,27-28H. The molecule has 2 nitrogen and oxygen atoms in total. The molecule has 0 aliphatic carbocycles. The van der Waals surface area contributed by atoms with Crippen LogP contribution in [0, 0.1) is 0 Å². The summed E-state index contributed by atoms with van der Waals surface area (Å²) in [7, 11) is -1.19. The number of rotatable bonds is 3. The van der Waals surface area contributed by atoms with Crippen molar-refractivity contribution >= 4 is 45.4 Å². The van der Waals surface area contributed by atoms with Crippen LogP contribution in [0.2, 0.25) is 0 Å². The van der Waals surface area contributed by atoms with E-state index >= 15 is 0 Å². The van der Waals surface area contributed by atoms with Crippen molar-refractivity contribution in [3.63, 3.8) is 0 Å². The fourth-order valence-corrected chi connectivity index (χ4v) is 6.61. The van der Waals surface area contributed by atoms with Crippen LogP contribution >= 0.6 is 7.92 Å². The first-order valence-corrected chi connectivity index (χ1v) is 10.8. The number of aromatic hydroxyl groups is 2. The van der Waals surface area contributed by atoms with Crippen molar-refractivity contribution in [3.05, 3.63) is 103 Å². The van der Waals surface area contributed by atoms with Crippen molar-refractivity contribution in [1.29, 1.82) is 0 Å². The minimum Gasteiger partial charge on any atom is -0.507 e. The first-order valence-electron chi connectivity index (χ1n) is 9.50. The summed E-state index contributed by atoms with van der Waals surface area (Å²) in [5.74, 6) is 0.511. The molecule has 0 aromatic heterocycles. The van der Waals surface area contributed by atoms with E-state index in [1.165, 1.54) is 0 Å². The van der Waals surface area contributed by atoms with E-state index in [2.05, 4.69) is 24.3 Å². The van der Waals surface area contributed by atoms with Gasteiger partial charge in [0.25, 0.3) is 0 Å². The molecule has 3 heteroatoms. The fraction of sp³-hybridized carbons (Fsp3) is 0. The van der Waals surface area contributed by atoms with Gasteiger partial charge in [-0.15, -0.1) is 0 Å². The number of hydrogen-bond donors (Lipinski definition) is 2. The molecule has 0 aliphatic heterocycles. The summed E-state index contributed by atoms with van der Waals surface area (Å²) in [6, 6.07) is 33.8. The van der Waals surface area contributed by atoms with Gasteiger partial charge in [-0.25, -0.2) is 0 Å². The first-order chi connectivity index (χ1) is 14.2. The van der Waals surface area contributed by atoms with Gasteiger partial charge in [0.2, 0.25) is 0 Å². The summed E-state index contributed by atoms with van der Waals surface area (Å²) < 4.78 is 0. The minimum absolute atomic E-state index is 0.256. The second kappa shape index (κ2) is 7.24. The molecule has 29 heavy (non-hydrogen) atoms. The average Bonchev–Trinajstić information content (AvgIpc) is 2.77. The Bertz CT molecular complexity index is 1240. The molecule has 0 saturated heterocycles. The Labute approximate surface area is 170 Å². The molecule has 5 rings (SSSR count). The lowest BCUT2D eigenvalue weighted by Gasteiger charge is -2.24. The highest BCUT2D eigenvalue weighted by atomic mass is 31.1. The lowest BCUT2D eigenvalue weighted by Crippen LogP contribution is -2.22. The topological polar surface area (TPSA) is 40.5 Å². The normalized spacial score (nSPS) is 11.3. The van der Waals surface area contributed by atoms with E-state index in [1.807, 2.05) is 66.7 Å². The van der Waals surface area contributed by atoms with Gasteiger partial charge in [-0.05, 0) is 46.9 Å². The molecule has 0 fully saturated rings. The van der Waals surface area contributed by atoms with E-state index in [9.17, 15) is 10.2 Å². The summed E-state index contributed by atoms with van der Waals surface area (Å²) in [5.41, 5.74) is 0. The SMILES string of the molecule is Oc1ccc2ccccc2c1P(c1ccccc1)c1c(O)ccc2ccccc12. The number of phenols is 2. The molecular weight excluding hydrogens is 375 g/mol. The summed E-state index contributed by atoms with van der Waals surface area (Å²) in [4.78, 5) is 0. The Balaban J connectivity index is 1.92. The second-order valence-electron chi connectivity index (χ2n) is 6.98. The van der Waals surface area contributed by atoms with E-state index in [0.717, 1.165) is 37.5 Å². The van der Waals surface area contributed by atoms with Crippen LogP contribution < -0.4 is 15.9 Å². The molecule has 0 bridgehead atoms. The Morgan fingerprint density at radius 2 is 0.897 bits per heavy atom. The zero-order valence-corrected chi connectivity index (χ0v) is 16.6. The van der Waals surface area contributed by atoms with Crippen LogP contribution in [0.1, 0.15) is 0 Å². The lowest BCUT2D eigenvalue weighted by atomic mass is 10.1. The maximum Gasteiger partial charge on any atom is 0.124 e. The van der Waals surface area contributed by atoms with Gasteiger partial charge in [0, 0.05) is 10.6 Å². The monoisotopic (exact) mass is 394 g/mol. The van der Waals surface area contributed by atoms with Crippen molar-refractivity contribution in [2.24, 2.45) is 0 Å². The van der Waals surface area contributed by atoms with Crippen molar-refractivity contribution in [2.45, 2.75) is 0 Å². The minimum atomic E-state index is -1.19. The van der Waals surface area contributed by atoms with Crippen LogP contribution in [0.3, 0.4) is 0 Å². The lowest BCUT2D eigenvalue weighted by molar-refractivity contribution is 0.480. The molecule has 0 atom stereocenters. The van der Waals surface area contributed by atoms with Gasteiger partial charge in [0.05, 0.1) is 0 Å². The van der Waals surface area contributed by atoms with E-state index < -0.39 is 7.92 Å². The molecule has 0 amide bonds. The van der Waals surface area contributed by atoms with Gasteiger partial charge in [0.15, 0.2) is 0 Å². The summed E-state index contributed by atoms with van der Waals surface area (Å²) >= 11 is 0. The molecular formula is C26H19O2P. The predicted molar refractivity (Wildman–Crippen MR) is 123 cm³/mol. The third kappa shape index (κ3) is 3.03. The van der Waals surface area contributed by atoms with E-state index in [4.69, 9.17) is 0 Å². The third-order valence-electron chi connectivity index (χ3n) is 5.22. The number of phenolic OH excluding ortho intramolecular Hbond substituents is 2. The first kappa shape index (κ1) is 17.7. The Morgan fingerprint density at radius 1 is 0.448 bits per heavy atom. The van der Waals surface area contributed by atoms with Crippen molar-refractivity contribution < 1.29 is 10.2 Å². The molecule has 5 aromatic carbocycles. The molecule has 140 valence electrons. The molecule has 0 spiro atoms. The zero-order valence-electron chi connectivity index (χ0n) is 15.7. The van der Waals surface area contributed by atoms with E-state index in [0.29, 0.717) is 0 Å². The number of benzene rings is 5. The quantitative estimate of drug-likeness (QED) is 0.415. The van der Waals surface area contributed by atoms with E-state index in [-0.39, 0.29) is 11.5 Å². The smallest absolute Gasteiger partial charge is 0.124 e. The van der Waals surface area contributed by atoms with Gasteiger partial charge in [-0.3, -0.25) is 0 Å². The van der Waals surface area contributed by atoms with Crippen LogP contribution in [-0.4, -0.2) is 10.2 Å². The maximum atomic E-state index is 11.0. The maximum absolute atomic E-state index is 11.0. The highest BCUT2D eigenvalue weighted by Crippen LogP contribution is 2.43. The third-order valence-corrected chi connectivity index (χ3v) is 7.87. The zero-order chi connectivity index (χ0) is 19.8. The summed E-state index contributed by atoms with van der Waals surface area (Å²) in [6.45, 7) is 0. The summed E-state index contributed by atoms with van der Waals surface area (Å²) in [5, 5.41) is 29.0. The Morgan fingerprint density at radius 3 is 1.41 bits per heavy atom. The predicted octanol–water partition coefficient (Wildman–Crippen LogP) is 5.16. The van der Waals surface area contributed by atoms with Crippen LogP contribution in [0.5, 0.6) is 11.5 Å². The van der Waals surface area contributed by atoms with Crippen LogP contribution in [0.25, 0.3) is 21.5 Å². The molecule has 0 saturated carbocycles. The summed E-state index contributed by atoms with van der Waals surface area (Å²) in [6.07, 6.45) is 0. The highest BCUT2D eigenvalue weighted by molar-refractivity contribution is 7.81. The van der Waals surface area contributed by atoms with Crippen LogP contribution in [0.15, 0.2) is 103 Å². The molecule has 0 radical (unpaired) electrons. The van der Waals surface area contributed by atoms with Gasteiger partial charge in [0.1, 0.15) is 11.5 Å². The van der Waals surface area contributed by atoms with Gasteiger partial charge < -0.3 is 10.2 Å². The fourth-order valence-electron chi connectivity index (χ4n) is 3.90. The van der Waals surface area contributed by atoms with Crippen LogP contribution in [-0.2, 0) is 0 Å². The molecule has 0 heterocycles. The van der Waals surface area contributed by atoms with Crippen molar-refractivity contribution in [3.8, 4) is 11.5 Å². The van der Waals surface area contributed by atoms with Crippen LogP contribution in [0.4, 0.5) is 0 Å². The highest BCUT2D eigenvalue weighted by Gasteiger charge is 2.26. The van der Waals surface area contributed by atoms with Crippen molar-refractivity contribution in [1.82, 2.24) is 0 Å². The number of fused-ring (bicyclic) bond motifs is 2. The second-order valence-corrected chi connectivity index (χ2v) is 9.06. The molecule has 2 N–H and O–H groups in total. The van der Waals surface area contributed by atoms with Gasteiger partial charge in [-0.2, -0.15) is 0 Å². The van der Waals surface area contributed by atoms with Gasteiger partial charge in [-0.1, -0.05) is 91.0 Å². The van der Waals surface area contributed by atoms with E-state index in [1.54, 1.807) is 12.1 Å². The van der Waals surface area contributed by atoms with Crippen molar-refractivity contribution in [2.75, 3.05) is 0 Å². The Kier molecular flexibility index (Phi) is 4.42. The Hall–Kier alpha value is -3.35. The van der Waals surface area contributed by atoms with Gasteiger partial charge >= 0.3 is 0 Å². The largest absolute Gasteiger partial charge is 0.507 e.